The largest absolute Gasteiger partial charge is 0.507 e. The molecule has 2 aliphatic rings. The van der Waals surface area contributed by atoms with Gasteiger partial charge in [-0.15, -0.1) is 22.0 Å². The number of phenolic OH excluding ortho intramolecular Hbond substituents is 1. The Bertz CT molecular complexity index is 1380. The molecule has 2 bridgehead atoms. The van der Waals surface area contributed by atoms with Gasteiger partial charge < -0.3 is 15.3 Å². The van der Waals surface area contributed by atoms with Crippen LogP contribution in [-0.2, 0) is 0 Å². The van der Waals surface area contributed by atoms with Crippen LogP contribution >= 0.6 is 11.8 Å². The first-order chi connectivity index (χ1) is 18.3. The molecule has 2 aromatic heterocycles. The second-order valence-corrected chi connectivity index (χ2v) is 10.8. The maximum Gasteiger partial charge on any atom is 0.185 e. The van der Waals surface area contributed by atoms with Crippen LogP contribution in [0.4, 0.5) is 14.6 Å². The molecule has 2 aliphatic heterocycles. The Morgan fingerprint density at radius 3 is 2.72 bits per heavy atom. The number of alkyl halides is 1. The van der Waals surface area contributed by atoms with Crippen molar-refractivity contribution in [1.82, 2.24) is 25.5 Å². The number of anilines is 1. The van der Waals surface area contributed by atoms with E-state index in [2.05, 4.69) is 32.4 Å². The first-order valence-corrected chi connectivity index (χ1v) is 12.6. The van der Waals surface area contributed by atoms with Gasteiger partial charge in [-0.1, -0.05) is 6.07 Å². The molecular weight excluding hydrogens is 482 g/mol. The smallest absolute Gasteiger partial charge is 0.185 e. The van der Waals surface area contributed by atoms with Gasteiger partial charge in [-0.3, -0.25) is 0 Å². The molecule has 0 aliphatic carbocycles. The first-order valence-electron chi connectivity index (χ1n) is 13.3. The van der Waals surface area contributed by atoms with Crippen LogP contribution in [0.1, 0.15) is 43.6 Å². The van der Waals surface area contributed by atoms with Crippen molar-refractivity contribution in [2.75, 3.05) is 18.1 Å². The minimum absolute atomic E-state index is 0.101. The van der Waals surface area contributed by atoms with Gasteiger partial charge in [0.15, 0.2) is 11.6 Å². The Labute approximate surface area is 218 Å². The number of nitrogens with one attached hydrogen (secondary N) is 1. The van der Waals surface area contributed by atoms with Gasteiger partial charge in [0.2, 0.25) is 0 Å². The van der Waals surface area contributed by atoms with Gasteiger partial charge in [-0.2, -0.15) is 0 Å². The van der Waals surface area contributed by atoms with E-state index in [9.17, 15) is 9.50 Å². The monoisotopic (exact) mass is 515 g/mol. The van der Waals surface area contributed by atoms with E-state index >= 15 is 4.39 Å². The third-order valence-corrected chi connectivity index (χ3v) is 7.94. The van der Waals surface area contributed by atoms with Crippen LogP contribution in [0.2, 0.25) is 0 Å². The van der Waals surface area contributed by atoms with Gasteiger partial charge in [-0.25, -0.2) is 18.7 Å². The maximum absolute atomic E-state index is 15.7. The van der Waals surface area contributed by atoms with Crippen LogP contribution in [0.25, 0.3) is 22.5 Å². The van der Waals surface area contributed by atoms with Crippen molar-refractivity contribution in [1.29, 1.82) is 0 Å². The SMILES string of the molecule is [2H]C([2H])([2H])Sc1cc(-c2ccc(-c3ncc(N(C)[C@@H]4C[C@@]5(C)CCC[C@](C)(N5)[C@@H]4F)nn3)c(O)c2)c(F)cn1. The summed E-state index contributed by atoms with van der Waals surface area (Å²) in [5, 5.41) is 22.8. The molecule has 0 amide bonds. The highest BCUT2D eigenvalue weighted by atomic mass is 32.2. The molecule has 4 atom stereocenters. The summed E-state index contributed by atoms with van der Waals surface area (Å²) in [7, 11) is 1.80. The molecule has 0 unspecified atom stereocenters. The highest BCUT2D eigenvalue weighted by Crippen LogP contribution is 2.43. The number of benzene rings is 1. The van der Waals surface area contributed by atoms with Crippen LogP contribution in [0, 0.1) is 5.82 Å². The topological polar surface area (TPSA) is 87.1 Å². The zero-order chi connectivity index (χ0) is 28.2. The second kappa shape index (κ2) is 9.23. The zero-order valence-electron chi connectivity index (χ0n) is 23.3. The van der Waals surface area contributed by atoms with Crippen molar-refractivity contribution in [3.63, 3.8) is 0 Å². The number of hydrogen-bond donors (Lipinski definition) is 2. The maximum atomic E-state index is 15.7. The molecule has 2 fully saturated rings. The quantitative estimate of drug-likeness (QED) is 0.459. The van der Waals surface area contributed by atoms with Crippen molar-refractivity contribution in [3.05, 3.63) is 42.5 Å². The second-order valence-electron chi connectivity index (χ2n) is 10.2. The molecule has 2 saturated heterocycles. The Kier molecular flexibility index (Phi) is 5.45. The lowest BCUT2D eigenvalue weighted by atomic mass is 9.68. The molecular formula is C26H30F2N6OS. The fourth-order valence-electron chi connectivity index (χ4n) is 5.65. The van der Waals surface area contributed by atoms with Crippen molar-refractivity contribution in [2.45, 2.75) is 67.8 Å². The number of thioether (sulfide) groups is 1. The van der Waals surface area contributed by atoms with Crippen molar-refractivity contribution in [3.8, 4) is 28.3 Å². The predicted octanol–water partition coefficient (Wildman–Crippen LogP) is 5.00. The molecule has 4 heterocycles. The molecule has 3 aromatic rings. The average Bonchev–Trinajstić information content (AvgIpc) is 2.86. The lowest BCUT2D eigenvalue weighted by Gasteiger charge is -2.56. The molecule has 190 valence electrons. The summed E-state index contributed by atoms with van der Waals surface area (Å²) in [4.78, 5) is 9.99. The molecule has 0 spiro atoms. The third-order valence-electron chi connectivity index (χ3n) is 7.51. The zero-order valence-corrected chi connectivity index (χ0v) is 21.1. The molecule has 1 aromatic carbocycles. The number of fused-ring (bicyclic) bond motifs is 2. The van der Waals surface area contributed by atoms with E-state index in [0.29, 0.717) is 29.6 Å². The molecule has 5 rings (SSSR count). The number of phenols is 1. The predicted molar refractivity (Wildman–Crippen MR) is 137 cm³/mol. The van der Waals surface area contributed by atoms with Crippen LogP contribution in [-0.4, -0.2) is 61.8 Å². The Morgan fingerprint density at radius 2 is 2.00 bits per heavy atom. The van der Waals surface area contributed by atoms with E-state index in [1.807, 2.05) is 6.92 Å². The van der Waals surface area contributed by atoms with Gasteiger partial charge in [-0.05, 0) is 69.5 Å². The van der Waals surface area contributed by atoms with Gasteiger partial charge in [0, 0.05) is 27.8 Å². The summed E-state index contributed by atoms with van der Waals surface area (Å²) in [5.74, 6) is -0.276. The summed E-state index contributed by atoms with van der Waals surface area (Å²) in [6.45, 7) is 4.08. The number of aromatic nitrogens is 4. The van der Waals surface area contributed by atoms with E-state index < -0.39 is 23.7 Å². The normalized spacial score (nSPS) is 29.2. The summed E-state index contributed by atoms with van der Waals surface area (Å²) in [5.41, 5.74) is -0.0286. The van der Waals surface area contributed by atoms with Crippen LogP contribution in [0.15, 0.2) is 41.7 Å². The van der Waals surface area contributed by atoms with E-state index in [-0.39, 0.29) is 39.3 Å². The number of rotatable bonds is 5. The van der Waals surface area contributed by atoms with E-state index in [4.69, 9.17) is 4.11 Å². The standard InChI is InChI=1S/C26H30F2N6OS/c1-25-8-5-9-26(2,33-25)23(28)19(12-25)34(3)21-14-30-24(32-31-21)16-7-6-15(10-20(16)35)17-11-22(36-4)29-13-18(17)27/h6-7,10-11,13-14,19,23,33,35H,5,8-9,12H2,1-4H3/t19-,23-,25-,26+/m1/s1/i4D3. The van der Waals surface area contributed by atoms with Crippen molar-refractivity contribution in [2.24, 2.45) is 0 Å². The summed E-state index contributed by atoms with van der Waals surface area (Å²) < 4.78 is 52.3. The highest BCUT2D eigenvalue weighted by Gasteiger charge is 2.53. The Morgan fingerprint density at radius 1 is 1.17 bits per heavy atom. The average molecular weight is 516 g/mol. The molecule has 0 radical (unpaired) electrons. The summed E-state index contributed by atoms with van der Waals surface area (Å²) in [6, 6.07) is 5.40. The van der Waals surface area contributed by atoms with E-state index in [1.165, 1.54) is 24.4 Å². The molecule has 7 nitrogen and oxygen atoms in total. The fraction of sp³-hybridized carbons (Fsp3) is 0.462. The summed E-state index contributed by atoms with van der Waals surface area (Å²) >= 11 is 0.541. The van der Waals surface area contributed by atoms with Crippen LogP contribution < -0.4 is 10.2 Å². The number of piperidine rings is 2. The van der Waals surface area contributed by atoms with Gasteiger partial charge in [0.05, 0.1) is 29.0 Å². The van der Waals surface area contributed by atoms with Crippen molar-refractivity contribution < 1.29 is 18.0 Å². The van der Waals surface area contributed by atoms with Gasteiger partial charge in [0.1, 0.15) is 17.7 Å². The van der Waals surface area contributed by atoms with E-state index in [1.54, 1.807) is 18.0 Å². The van der Waals surface area contributed by atoms with Crippen LogP contribution in [0.5, 0.6) is 5.75 Å². The van der Waals surface area contributed by atoms with Crippen molar-refractivity contribution >= 4 is 17.6 Å². The fourth-order valence-corrected chi connectivity index (χ4v) is 5.93. The van der Waals surface area contributed by atoms with Crippen LogP contribution in [0.3, 0.4) is 0 Å². The number of pyridine rings is 1. The lowest BCUT2D eigenvalue weighted by Crippen LogP contribution is -2.72. The summed E-state index contributed by atoms with van der Waals surface area (Å²) in [6.07, 6.45) is 2.42. The Hall–Kier alpha value is -2.85. The van der Waals surface area contributed by atoms with E-state index in [0.717, 1.165) is 25.5 Å². The highest BCUT2D eigenvalue weighted by molar-refractivity contribution is 7.98. The minimum atomic E-state index is -2.33. The molecule has 2 N–H and O–H groups in total. The number of hydrogen-bond acceptors (Lipinski definition) is 8. The molecule has 36 heavy (non-hydrogen) atoms. The van der Waals surface area contributed by atoms with Gasteiger partial charge >= 0.3 is 0 Å². The molecule has 10 heteroatoms. The lowest BCUT2D eigenvalue weighted by molar-refractivity contribution is 0.00193. The number of nitrogens with zero attached hydrogens (tertiary/aromatic N) is 5. The number of halogens is 2. The first kappa shape index (κ1) is 21.3. The number of aromatic hydroxyl groups is 1. The third kappa shape index (κ3) is 4.41. The Balaban J connectivity index is 1.37. The minimum Gasteiger partial charge on any atom is -0.507 e. The van der Waals surface area contributed by atoms with Gasteiger partial charge in [0.25, 0.3) is 0 Å². The molecule has 0 saturated carbocycles.